The van der Waals surface area contributed by atoms with Crippen LogP contribution in [0.2, 0.25) is 0 Å². The molecule has 0 bridgehead atoms. The second-order valence-electron chi connectivity index (χ2n) is 9.96. The first-order valence-electron chi connectivity index (χ1n) is 13.7. The number of hydrogen-bond donors (Lipinski definition) is 0. The maximum absolute atomic E-state index is 6.84. The Kier molecular flexibility index (Phi) is 12.9. The van der Waals surface area contributed by atoms with E-state index in [0.29, 0.717) is 6.10 Å². The van der Waals surface area contributed by atoms with Gasteiger partial charge in [0, 0.05) is 0 Å². The van der Waals surface area contributed by atoms with Gasteiger partial charge < -0.3 is 0 Å². The third-order valence-electron chi connectivity index (χ3n) is 6.93. The van der Waals surface area contributed by atoms with Gasteiger partial charge >= 0.3 is 183 Å². The van der Waals surface area contributed by atoms with Crippen LogP contribution < -0.4 is 0 Å². The van der Waals surface area contributed by atoms with Gasteiger partial charge in [-0.2, -0.15) is 0 Å². The zero-order chi connectivity index (χ0) is 23.0. The fourth-order valence-corrected chi connectivity index (χ4v) is 15.2. The van der Waals surface area contributed by atoms with Crippen LogP contribution in [0.15, 0.2) is 60.7 Å². The predicted molar refractivity (Wildman–Crippen MR) is 143 cm³/mol. The molecule has 2 nitrogen and oxygen atoms in total. The topological polar surface area (TPSA) is 18.5 Å². The van der Waals surface area contributed by atoms with Crippen molar-refractivity contribution in [1.82, 2.24) is 0 Å². The van der Waals surface area contributed by atoms with E-state index >= 15 is 0 Å². The van der Waals surface area contributed by atoms with E-state index in [9.17, 15) is 0 Å². The summed E-state index contributed by atoms with van der Waals surface area (Å²) in [6.07, 6.45) is 18.3. The van der Waals surface area contributed by atoms with E-state index in [1.165, 1.54) is 94.6 Å². The van der Waals surface area contributed by atoms with Gasteiger partial charge in [0.1, 0.15) is 0 Å². The van der Waals surface area contributed by atoms with Gasteiger partial charge in [0.25, 0.3) is 0 Å². The maximum atomic E-state index is 6.84. The average Bonchev–Trinajstić information content (AvgIpc) is 3.23. The van der Waals surface area contributed by atoms with Crippen LogP contribution in [0, 0.1) is 0 Å². The predicted octanol–water partition coefficient (Wildman–Crippen LogP) is 8.50. The summed E-state index contributed by atoms with van der Waals surface area (Å²) in [6, 6.07) is 21.7. The Bertz CT molecular complexity index is 692. The molecule has 1 atom stereocenters. The summed E-state index contributed by atoms with van der Waals surface area (Å²) in [6.45, 7) is 3.11. The van der Waals surface area contributed by atoms with Crippen molar-refractivity contribution in [3.05, 3.63) is 71.8 Å². The fraction of sp³-hybridized carbons (Fsp3) is 0.600. The van der Waals surface area contributed by atoms with Crippen molar-refractivity contribution >= 4 is 19.2 Å². The summed E-state index contributed by atoms with van der Waals surface area (Å²) in [5.41, 5.74) is 2.74. The van der Waals surface area contributed by atoms with Crippen molar-refractivity contribution in [2.24, 2.45) is 0 Å². The Hall–Kier alpha value is -0.841. The minimum absolute atomic E-state index is 0.316. The molecule has 0 radical (unpaired) electrons. The Morgan fingerprint density at radius 1 is 0.636 bits per heavy atom. The summed E-state index contributed by atoms with van der Waals surface area (Å²) >= 11 is -3.17. The number of benzene rings is 2. The van der Waals surface area contributed by atoms with Crippen molar-refractivity contribution in [3.63, 3.8) is 0 Å². The van der Waals surface area contributed by atoms with Crippen molar-refractivity contribution in [2.45, 2.75) is 105 Å². The van der Waals surface area contributed by atoms with Crippen LogP contribution in [0.3, 0.4) is 0 Å². The zero-order valence-corrected chi connectivity index (χ0v) is 23.8. The first-order valence-corrected chi connectivity index (χ1v) is 20.1. The van der Waals surface area contributed by atoms with Crippen molar-refractivity contribution in [3.8, 4) is 0 Å². The first-order chi connectivity index (χ1) is 16.3. The second-order valence-corrected chi connectivity index (χ2v) is 18.7. The molecule has 1 fully saturated rings. The van der Waals surface area contributed by atoms with Crippen LogP contribution in [0.4, 0.5) is 0 Å². The van der Waals surface area contributed by atoms with Crippen molar-refractivity contribution in [2.75, 3.05) is 6.61 Å². The first kappa shape index (κ1) is 26.8. The molecule has 1 aliphatic rings. The normalized spacial score (nSPS) is 17.4. The van der Waals surface area contributed by atoms with Crippen LogP contribution in [0.25, 0.3) is 0 Å². The molecule has 1 unspecified atom stereocenters. The molecule has 3 rings (SSSR count). The summed E-state index contributed by atoms with van der Waals surface area (Å²) in [4.78, 5) is 0. The fourth-order valence-electron chi connectivity index (χ4n) is 5.03. The Morgan fingerprint density at radius 3 is 1.58 bits per heavy atom. The number of rotatable bonds is 17. The zero-order valence-electron chi connectivity index (χ0n) is 21.0. The molecule has 0 N–H and O–H groups in total. The van der Waals surface area contributed by atoms with Gasteiger partial charge in [0.15, 0.2) is 0 Å². The van der Waals surface area contributed by atoms with Crippen LogP contribution in [-0.2, 0) is 15.0 Å². The molecular formula is C30H46O2Sn. The van der Waals surface area contributed by atoms with Crippen LogP contribution in [-0.4, -0.2) is 31.9 Å². The Balaban J connectivity index is 1.34. The summed E-state index contributed by atoms with van der Waals surface area (Å²) in [5.74, 6) is 0. The van der Waals surface area contributed by atoms with Gasteiger partial charge in [-0.05, 0) is 0 Å². The molecule has 2 aromatic rings. The minimum atomic E-state index is -3.17. The Morgan fingerprint density at radius 2 is 1.09 bits per heavy atom. The molecule has 2 aromatic carbocycles. The van der Waals surface area contributed by atoms with E-state index in [0.717, 1.165) is 15.5 Å². The standard InChI is InChI=1S/C16H32O2.2C7H7.Sn/c1-2-3-4-5-6-7-8-9-10-11-12-13-14-16(18)15-17;2*1-7-5-3-2-4-6-7;/h16H,2-15H2,1H3;2*2-6H,1H2;/q-2;;;+2. The SMILES string of the molecule is CCCCCCCCCCCCCCC1C[O][Sn]([CH2]c2ccccc2)([CH2]c2ccccc2)[O]1. The third kappa shape index (κ3) is 10.5. The van der Waals surface area contributed by atoms with Gasteiger partial charge in [-0.3, -0.25) is 0 Å². The molecule has 182 valence electrons. The molecule has 0 spiro atoms. The van der Waals surface area contributed by atoms with Crippen LogP contribution >= 0.6 is 0 Å². The quantitative estimate of drug-likeness (QED) is 0.143. The van der Waals surface area contributed by atoms with Gasteiger partial charge in [-0.1, -0.05) is 26.2 Å². The average molecular weight is 557 g/mol. The number of unbranched alkanes of at least 4 members (excludes halogenated alkanes) is 11. The van der Waals surface area contributed by atoms with Crippen molar-refractivity contribution < 1.29 is 6.15 Å². The second kappa shape index (κ2) is 15.9. The molecule has 1 saturated heterocycles. The van der Waals surface area contributed by atoms with Gasteiger partial charge in [0.05, 0.1) is 0 Å². The molecule has 0 aromatic heterocycles. The summed E-state index contributed by atoms with van der Waals surface area (Å²) in [5, 5.41) is 0. The molecule has 0 saturated carbocycles. The van der Waals surface area contributed by atoms with E-state index in [1.807, 2.05) is 0 Å². The Labute approximate surface area is 208 Å². The van der Waals surface area contributed by atoms with Crippen molar-refractivity contribution in [1.29, 1.82) is 0 Å². The summed E-state index contributed by atoms with van der Waals surface area (Å²) in [7, 11) is 0. The summed E-state index contributed by atoms with van der Waals surface area (Å²) < 4.78 is 15.5. The molecule has 0 amide bonds. The van der Waals surface area contributed by atoms with E-state index in [-0.39, 0.29) is 0 Å². The molecule has 1 aliphatic heterocycles. The van der Waals surface area contributed by atoms with Crippen LogP contribution in [0.1, 0.15) is 102 Å². The molecular weight excluding hydrogens is 511 g/mol. The van der Waals surface area contributed by atoms with Gasteiger partial charge in [-0.25, -0.2) is 0 Å². The van der Waals surface area contributed by atoms with Gasteiger partial charge in [0.2, 0.25) is 0 Å². The molecule has 3 heteroatoms. The monoisotopic (exact) mass is 558 g/mol. The van der Waals surface area contributed by atoms with E-state index in [4.69, 9.17) is 6.15 Å². The van der Waals surface area contributed by atoms with Crippen LogP contribution in [0.5, 0.6) is 0 Å². The van der Waals surface area contributed by atoms with E-state index in [2.05, 4.69) is 67.6 Å². The van der Waals surface area contributed by atoms with E-state index < -0.39 is 19.2 Å². The van der Waals surface area contributed by atoms with Gasteiger partial charge in [-0.15, -0.1) is 0 Å². The molecule has 33 heavy (non-hydrogen) atoms. The number of hydrogen-bond acceptors (Lipinski definition) is 2. The van der Waals surface area contributed by atoms with E-state index in [1.54, 1.807) is 0 Å². The molecule has 0 aliphatic carbocycles. The molecule has 1 heterocycles. The third-order valence-corrected chi connectivity index (χ3v) is 16.5.